The highest BCUT2D eigenvalue weighted by molar-refractivity contribution is 5.10. The molecule has 2 bridgehead atoms. The molecule has 2 rings (SSSR count). The third-order valence-electron chi connectivity index (χ3n) is 4.54. The molecule has 0 aromatic carbocycles. The smallest absolute Gasteiger partial charge is 0.0199 e. The molecule has 3 unspecified atom stereocenters. The molecule has 0 aliphatic heterocycles. The lowest BCUT2D eigenvalue weighted by atomic mass is 9.89. The van der Waals surface area contributed by atoms with Crippen molar-refractivity contribution in [3.8, 4) is 0 Å². The van der Waals surface area contributed by atoms with E-state index in [2.05, 4.69) is 45.1 Å². The summed E-state index contributed by atoms with van der Waals surface area (Å²) in [6, 6.07) is 0. The molecule has 0 heteroatoms. The summed E-state index contributed by atoms with van der Waals surface area (Å²) in [4.78, 5) is 0. The Balaban J connectivity index is 1.65. The number of fused-ring (bicyclic) bond motifs is 2. The van der Waals surface area contributed by atoms with Crippen molar-refractivity contribution in [1.82, 2.24) is 0 Å². The number of hydrogen-bond acceptors (Lipinski definition) is 0. The van der Waals surface area contributed by atoms with E-state index in [0.717, 1.165) is 17.8 Å². The Labute approximate surface area is 113 Å². The van der Waals surface area contributed by atoms with Gasteiger partial charge in [0.25, 0.3) is 0 Å². The number of hydrogen-bond donors (Lipinski definition) is 0. The molecule has 2 aliphatic carbocycles. The minimum absolute atomic E-state index is 0.925. The van der Waals surface area contributed by atoms with Crippen LogP contribution in [0, 0.1) is 17.8 Å². The summed E-state index contributed by atoms with van der Waals surface area (Å²) in [6.45, 7) is 6.66. The molecule has 0 saturated heterocycles. The maximum atomic E-state index is 2.48. The van der Waals surface area contributed by atoms with Crippen molar-refractivity contribution in [3.05, 3.63) is 35.5 Å². The van der Waals surface area contributed by atoms with Gasteiger partial charge in [-0.2, -0.15) is 0 Å². The normalized spacial score (nSPS) is 29.9. The lowest BCUT2D eigenvalue weighted by molar-refractivity contribution is 0.419. The van der Waals surface area contributed by atoms with E-state index in [9.17, 15) is 0 Å². The molecular weight excluding hydrogens is 216 g/mol. The SMILES string of the molecule is CC(C)=CCCC(C)=CCCC1CC2C=CC1C2. The van der Waals surface area contributed by atoms with Crippen LogP contribution in [-0.4, -0.2) is 0 Å². The van der Waals surface area contributed by atoms with E-state index in [1.54, 1.807) is 5.57 Å². The molecule has 0 radical (unpaired) electrons. The average molecular weight is 244 g/mol. The van der Waals surface area contributed by atoms with Crippen molar-refractivity contribution in [1.29, 1.82) is 0 Å². The number of allylic oxidation sites excluding steroid dienone is 6. The molecule has 2 aliphatic rings. The first-order chi connectivity index (χ1) is 8.65. The molecular formula is C18H28. The fraction of sp³-hybridized carbons (Fsp3) is 0.667. The van der Waals surface area contributed by atoms with Crippen LogP contribution in [0.15, 0.2) is 35.5 Å². The highest BCUT2D eigenvalue weighted by Crippen LogP contribution is 2.45. The topological polar surface area (TPSA) is 0 Å². The molecule has 0 N–H and O–H groups in total. The molecule has 18 heavy (non-hydrogen) atoms. The standard InChI is InChI=1S/C18H28/c1-14(2)6-4-7-15(3)8-5-9-17-12-16-10-11-18(17)13-16/h6,8,10-11,16-18H,4-5,7,9,12-13H2,1-3H3. The first kappa shape index (κ1) is 13.6. The van der Waals surface area contributed by atoms with Crippen LogP contribution in [0.2, 0.25) is 0 Å². The molecule has 0 nitrogen and oxygen atoms in total. The van der Waals surface area contributed by atoms with E-state index < -0.39 is 0 Å². The fourth-order valence-electron chi connectivity index (χ4n) is 3.46. The predicted octanol–water partition coefficient (Wildman–Crippen LogP) is 5.67. The van der Waals surface area contributed by atoms with E-state index in [0.29, 0.717) is 0 Å². The van der Waals surface area contributed by atoms with Crippen LogP contribution >= 0.6 is 0 Å². The first-order valence-corrected chi connectivity index (χ1v) is 7.62. The lowest BCUT2D eigenvalue weighted by Crippen LogP contribution is -2.06. The summed E-state index contributed by atoms with van der Waals surface area (Å²) in [5, 5.41) is 0. The van der Waals surface area contributed by atoms with Gasteiger partial charge in [-0.1, -0.05) is 35.5 Å². The van der Waals surface area contributed by atoms with Gasteiger partial charge < -0.3 is 0 Å². The van der Waals surface area contributed by atoms with Crippen LogP contribution in [0.4, 0.5) is 0 Å². The second-order valence-corrected chi connectivity index (χ2v) is 6.49. The van der Waals surface area contributed by atoms with Gasteiger partial charge in [0.05, 0.1) is 0 Å². The summed E-state index contributed by atoms with van der Waals surface area (Å²) in [6.07, 6.45) is 17.8. The van der Waals surface area contributed by atoms with Gasteiger partial charge in [-0.25, -0.2) is 0 Å². The molecule has 0 aromatic rings. The average Bonchev–Trinajstić information content (AvgIpc) is 2.90. The second kappa shape index (κ2) is 6.41. The molecule has 1 fully saturated rings. The Kier molecular flexibility index (Phi) is 4.86. The Hall–Kier alpha value is -0.780. The van der Waals surface area contributed by atoms with Crippen LogP contribution in [0.3, 0.4) is 0 Å². The van der Waals surface area contributed by atoms with Gasteiger partial charge in [0.2, 0.25) is 0 Å². The van der Waals surface area contributed by atoms with Crippen LogP contribution in [0.25, 0.3) is 0 Å². The van der Waals surface area contributed by atoms with Crippen LogP contribution in [0.1, 0.15) is 59.3 Å². The molecule has 0 aromatic heterocycles. The molecule has 1 saturated carbocycles. The summed E-state index contributed by atoms with van der Waals surface area (Å²) >= 11 is 0. The van der Waals surface area contributed by atoms with Crippen molar-refractivity contribution >= 4 is 0 Å². The second-order valence-electron chi connectivity index (χ2n) is 6.49. The van der Waals surface area contributed by atoms with Crippen LogP contribution in [-0.2, 0) is 0 Å². The summed E-state index contributed by atoms with van der Waals surface area (Å²) < 4.78 is 0. The lowest BCUT2D eigenvalue weighted by Gasteiger charge is -2.16. The van der Waals surface area contributed by atoms with Gasteiger partial charge >= 0.3 is 0 Å². The Morgan fingerprint density at radius 1 is 1.06 bits per heavy atom. The van der Waals surface area contributed by atoms with Crippen molar-refractivity contribution in [2.75, 3.05) is 0 Å². The quantitative estimate of drug-likeness (QED) is 0.528. The zero-order valence-corrected chi connectivity index (χ0v) is 12.3. The van der Waals surface area contributed by atoms with Crippen molar-refractivity contribution in [2.45, 2.75) is 59.3 Å². The first-order valence-electron chi connectivity index (χ1n) is 7.62. The van der Waals surface area contributed by atoms with E-state index in [-0.39, 0.29) is 0 Å². The van der Waals surface area contributed by atoms with E-state index in [4.69, 9.17) is 0 Å². The Morgan fingerprint density at radius 2 is 1.89 bits per heavy atom. The monoisotopic (exact) mass is 244 g/mol. The van der Waals surface area contributed by atoms with E-state index in [1.807, 2.05) is 0 Å². The minimum atomic E-state index is 0.925. The minimum Gasteiger partial charge on any atom is -0.0856 e. The predicted molar refractivity (Wildman–Crippen MR) is 80.5 cm³/mol. The van der Waals surface area contributed by atoms with Gasteiger partial charge in [-0.05, 0) is 77.0 Å². The van der Waals surface area contributed by atoms with E-state index in [1.165, 1.54) is 44.1 Å². The third kappa shape index (κ3) is 3.86. The molecule has 0 spiro atoms. The Bertz CT molecular complexity index is 352. The maximum absolute atomic E-state index is 2.48. The van der Waals surface area contributed by atoms with Gasteiger partial charge in [-0.15, -0.1) is 0 Å². The molecule has 0 heterocycles. The van der Waals surface area contributed by atoms with Gasteiger partial charge in [0.15, 0.2) is 0 Å². The fourth-order valence-corrected chi connectivity index (χ4v) is 3.46. The largest absolute Gasteiger partial charge is 0.0856 e. The van der Waals surface area contributed by atoms with Gasteiger partial charge in [0, 0.05) is 0 Å². The van der Waals surface area contributed by atoms with Crippen LogP contribution < -0.4 is 0 Å². The molecule has 0 amide bonds. The third-order valence-corrected chi connectivity index (χ3v) is 4.54. The highest BCUT2D eigenvalue weighted by atomic mass is 14.4. The van der Waals surface area contributed by atoms with E-state index >= 15 is 0 Å². The zero-order valence-electron chi connectivity index (χ0n) is 12.3. The van der Waals surface area contributed by atoms with Crippen molar-refractivity contribution < 1.29 is 0 Å². The summed E-state index contributed by atoms with van der Waals surface area (Å²) in [5.41, 5.74) is 3.02. The van der Waals surface area contributed by atoms with Gasteiger partial charge in [0.1, 0.15) is 0 Å². The van der Waals surface area contributed by atoms with Gasteiger partial charge in [-0.3, -0.25) is 0 Å². The van der Waals surface area contributed by atoms with Crippen LogP contribution in [0.5, 0.6) is 0 Å². The summed E-state index contributed by atoms with van der Waals surface area (Å²) in [7, 11) is 0. The maximum Gasteiger partial charge on any atom is -0.0199 e. The molecule has 100 valence electrons. The van der Waals surface area contributed by atoms with Crippen molar-refractivity contribution in [3.63, 3.8) is 0 Å². The summed E-state index contributed by atoms with van der Waals surface area (Å²) in [5.74, 6) is 2.85. The highest BCUT2D eigenvalue weighted by Gasteiger charge is 2.34. The van der Waals surface area contributed by atoms with Crippen molar-refractivity contribution in [2.24, 2.45) is 17.8 Å². The Morgan fingerprint density at radius 3 is 2.50 bits per heavy atom. The number of rotatable bonds is 6. The molecule has 3 atom stereocenters. The zero-order chi connectivity index (χ0) is 13.0.